The zero-order valence-corrected chi connectivity index (χ0v) is 7.34. The van der Waals surface area contributed by atoms with Gasteiger partial charge in [-0.1, -0.05) is 13.3 Å². The summed E-state index contributed by atoms with van der Waals surface area (Å²) in [4.78, 5) is 11.1. The number of nitrogens with zero attached hydrogens (tertiary/aromatic N) is 1. The summed E-state index contributed by atoms with van der Waals surface area (Å²) in [5.41, 5.74) is 5.52. The molecule has 0 aromatic rings. The molecule has 0 aromatic heterocycles. The molecule has 0 radical (unpaired) electrons. The van der Waals surface area contributed by atoms with Crippen LogP contribution in [-0.4, -0.2) is 18.5 Å². The van der Waals surface area contributed by atoms with Gasteiger partial charge in [-0.3, -0.25) is 4.79 Å². The van der Waals surface area contributed by atoms with E-state index in [-0.39, 0.29) is 5.91 Å². The highest BCUT2D eigenvalue weighted by Gasteiger charge is 2.10. The fourth-order valence-corrected chi connectivity index (χ4v) is 0.815. The largest absolute Gasteiger partial charge is 0.354 e. The molecule has 0 fully saturated rings. The van der Waals surface area contributed by atoms with Crippen LogP contribution < -0.4 is 11.1 Å². The first-order valence-electron chi connectivity index (χ1n) is 4.12. The zero-order valence-electron chi connectivity index (χ0n) is 7.34. The van der Waals surface area contributed by atoms with Crippen LogP contribution in [0.2, 0.25) is 0 Å². The van der Waals surface area contributed by atoms with Crippen molar-refractivity contribution in [1.82, 2.24) is 5.32 Å². The van der Waals surface area contributed by atoms with Crippen molar-refractivity contribution in [3.8, 4) is 6.07 Å². The average Bonchev–Trinajstić information content (AvgIpc) is 2.05. The van der Waals surface area contributed by atoms with Gasteiger partial charge in [0.15, 0.2) is 0 Å². The van der Waals surface area contributed by atoms with Gasteiger partial charge in [0.25, 0.3) is 0 Å². The fourth-order valence-electron chi connectivity index (χ4n) is 0.815. The summed E-state index contributed by atoms with van der Waals surface area (Å²) in [6, 6.07) is 1.52. The maximum atomic E-state index is 11.1. The van der Waals surface area contributed by atoms with Gasteiger partial charge in [0.2, 0.25) is 5.91 Å². The van der Waals surface area contributed by atoms with Crippen molar-refractivity contribution in [1.29, 1.82) is 5.26 Å². The van der Waals surface area contributed by atoms with Crippen molar-refractivity contribution in [3.05, 3.63) is 0 Å². The lowest BCUT2D eigenvalue weighted by Crippen LogP contribution is -2.40. The molecule has 3 N–H and O–H groups in total. The predicted molar refractivity (Wildman–Crippen MR) is 46.1 cm³/mol. The van der Waals surface area contributed by atoms with Gasteiger partial charge in [-0.05, 0) is 6.42 Å². The van der Waals surface area contributed by atoms with Crippen LogP contribution in [-0.2, 0) is 4.79 Å². The Morgan fingerprint density at radius 2 is 2.42 bits per heavy atom. The second-order valence-electron chi connectivity index (χ2n) is 2.59. The Kier molecular flexibility index (Phi) is 6.02. The third kappa shape index (κ3) is 4.69. The number of carbonyl (C=O) groups excluding carboxylic acids is 1. The van der Waals surface area contributed by atoms with Crippen molar-refractivity contribution in [2.45, 2.75) is 32.2 Å². The molecule has 0 heterocycles. The first kappa shape index (κ1) is 10.9. The minimum absolute atomic E-state index is 0.160. The van der Waals surface area contributed by atoms with Gasteiger partial charge in [0.05, 0.1) is 18.5 Å². The molecule has 0 aliphatic heterocycles. The van der Waals surface area contributed by atoms with E-state index in [0.29, 0.717) is 19.4 Å². The number of carbonyl (C=O) groups is 1. The molecule has 4 heteroatoms. The lowest BCUT2D eigenvalue weighted by Gasteiger charge is -2.09. The van der Waals surface area contributed by atoms with Crippen LogP contribution in [0.1, 0.15) is 26.2 Å². The summed E-state index contributed by atoms with van der Waals surface area (Å²) in [5.74, 6) is -0.160. The maximum absolute atomic E-state index is 11.1. The molecule has 0 saturated heterocycles. The second-order valence-corrected chi connectivity index (χ2v) is 2.59. The van der Waals surface area contributed by atoms with E-state index < -0.39 is 6.04 Å². The van der Waals surface area contributed by atoms with E-state index in [9.17, 15) is 4.79 Å². The van der Waals surface area contributed by atoms with Crippen molar-refractivity contribution in [2.24, 2.45) is 5.73 Å². The molecule has 0 rings (SSSR count). The number of hydrogen-bond acceptors (Lipinski definition) is 3. The summed E-state index contributed by atoms with van der Waals surface area (Å²) in [6.07, 6.45) is 1.93. The van der Waals surface area contributed by atoms with Gasteiger partial charge in [0, 0.05) is 6.54 Å². The molecule has 1 amide bonds. The van der Waals surface area contributed by atoms with E-state index in [0.717, 1.165) is 6.42 Å². The Balaban J connectivity index is 3.51. The first-order valence-corrected chi connectivity index (χ1v) is 4.12. The quantitative estimate of drug-likeness (QED) is 0.575. The monoisotopic (exact) mass is 169 g/mol. The van der Waals surface area contributed by atoms with Crippen LogP contribution in [0.5, 0.6) is 0 Å². The maximum Gasteiger partial charge on any atom is 0.236 e. The highest BCUT2D eigenvalue weighted by molar-refractivity contribution is 5.81. The Hall–Kier alpha value is -1.08. The Bertz CT molecular complexity index is 174. The van der Waals surface area contributed by atoms with Crippen LogP contribution in [0.25, 0.3) is 0 Å². The predicted octanol–water partition coefficient (Wildman–Crippen LogP) is 0.144. The molecule has 0 unspecified atom stereocenters. The topological polar surface area (TPSA) is 78.9 Å². The standard InChI is InChI=1S/C8H15N3O/c1-2-4-7(10)8(12)11-6-3-5-9/h7H,2-4,6,10H2,1H3,(H,11,12)/t7-/m1/s1. The van der Waals surface area contributed by atoms with E-state index in [1.807, 2.05) is 13.0 Å². The van der Waals surface area contributed by atoms with E-state index in [1.165, 1.54) is 0 Å². The van der Waals surface area contributed by atoms with E-state index in [1.54, 1.807) is 0 Å². The van der Waals surface area contributed by atoms with Gasteiger partial charge in [-0.15, -0.1) is 0 Å². The molecule has 0 aliphatic rings. The van der Waals surface area contributed by atoms with Crippen LogP contribution in [0.4, 0.5) is 0 Å². The minimum Gasteiger partial charge on any atom is -0.354 e. The summed E-state index contributed by atoms with van der Waals surface area (Å²) in [7, 11) is 0. The third-order valence-electron chi connectivity index (χ3n) is 1.47. The van der Waals surface area contributed by atoms with Gasteiger partial charge >= 0.3 is 0 Å². The molecule has 68 valence electrons. The number of amides is 1. The molecule has 0 saturated carbocycles. The number of rotatable bonds is 5. The van der Waals surface area contributed by atoms with Gasteiger partial charge < -0.3 is 11.1 Å². The Labute approximate surface area is 72.7 Å². The smallest absolute Gasteiger partial charge is 0.236 e. The summed E-state index contributed by atoms with van der Waals surface area (Å²) in [5, 5.41) is 10.8. The van der Waals surface area contributed by atoms with Crippen molar-refractivity contribution in [2.75, 3.05) is 6.54 Å². The minimum atomic E-state index is -0.423. The molecular weight excluding hydrogens is 154 g/mol. The molecule has 0 aliphatic carbocycles. The molecule has 0 aromatic carbocycles. The Morgan fingerprint density at radius 1 is 1.75 bits per heavy atom. The third-order valence-corrected chi connectivity index (χ3v) is 1.47. The highest BCUT2D eigenvalue weighted by atomic mass is 16.2. The number of nitrogens with two attached hydrogens (primary N) is 1. The fraction of sp³-hybridized carbons (Fsp3) is 0.750. The number of nitriles is 1. The normalized spacial score (nSPS) is 11.8. The summed E-state index contributed by atoms with van der Waals surface area (Å²) < 4.78 is 0. The first-order chi connectivity index (χ1) is 5.72. The second kappa shape index (κ2) is 6.62. The molecule has 12 heavy (non-hydrogen) atoms. The zero-order chi connectivity index (χ0) is 9.40. The SMILES string of the molecule is CCC[C@@H](N)C(=O)NCCC#N. The molecule has 0 spiro atoms. The van der Waals surface area contributed by atoms with Crippen LogP contribution >= 0.6 is 0 Å². The summed E-state index contributed by atoms with van der Waals surface area (Å²) >= 11 is 0. The average molecular weight is 169 g/mol. The van der Waals surface area contributed by atoms with Crippen LogP contribution in [0.15, 0.2) is 0 Å². The lowest BCUT2D eigenvalue weighted by molar-refractivity contribution is -0.122. The molecule has 1 atom stereocenters. The lowest BCUT2D eigenvalue weighted by atomic mass is 10.2. The Morgan fingerprint density at radius 3 is 2.92 bits per heavy atom. The number of hydrogen-bond donors (Lipinski definition) is 2. The molecular formula is C8H15N3O. The van der Waals surface area contributed by atoms with Crippen LogP contribution in [0, 0.1) is 11.3 Å². The van der Waals surface area contributed by atoms with Crippen molar-refractivity contribution in [3.63, 3.8) is 0 Å². The van der Waals surface area contributed by atoms with E-state index in [2.05, 4.69) is 5.32 Å². The van der Waals surface area contributed by atoms with Crippen molar-refractivity contribution >= 4 is 5.91 Å². The summed E-state index contributed by atoms with van der Waals surface area (Å²) in [6.45, 7) is 2.37. The van der Waals surface area contributed by atoms with Crippen molar-refractivity contribution < 1.29 is 4.79 Å². The van der Waals surface area contributed by atoms with Gasteiger partial charge in [0.1, 0.15) is 0 Å². The number of nitrogens with one attached hydrogen (secondary N) is 1. The molecule has 0 bridgehead atoms. The van der Waals surface area contributed by atoms with Crippen LogP contribution in [0.3, 0.4) is 0 Å². The van der Waals surface area contributed by atoms with Gasteiger partial charge in [-0.2, -0.15) is 5.26 Å². The van der Waals surface area contributed by atoms with Gasteiger partial charge in [-0.25, -0.2) is 0 Å². The molecule has 4 nitrogen and oxygen atoms in total. The highest BCUT2D eigenvalue weighted by Crippen LogP contribution is 1.92. The van der Waals surface area contributed by atoms with E-state index in [4.69, 9.17) is 11.0 Å². The van der Waals surface area contributed by atoms with E-state index >= 15 is 0 Å².